The summed E-state index contributed by atoms with van der Waals surface area (Å²) in [6, 6.07) is 11.6. The van der Waals surface area contributed by atoms with Gasteiger partial charge >= 0.3 is 0 Å². The molecule has 2 aromatic rings. The predicted molar refractivity (Wildman–Crippen MR) is 105 cm³/mol. The van der Waals surface area contributed by atoms with Gasteiger partial charge in [0.25, 0.3) is 0 Å². The van der Waals surface area contributed by atoms with Crippen molar-refractivity contribution in [3.05, 3.63) is 70.7 Å². The lowest BCUT2D eigenvalue weighted by molar-refractivity contribution is 0.413. The molecule has 0 saturated carbocycles. The molecule has 1 aliphatic rings. The largest absolute Gasteiger partial charge is 0.497 e. The summed E-state index contributed by atoms with van der Waals surface area (Å²) in [5.74, 6) is 0.633. The summed E-state index contributed by atoms with van der Waals surface area (Å²) >= 11 is 0. The summed E-state index contributed by atoms with van der Waals surface area (Å²) in [6.07, 6.45) is 3.66. The smallest absolute Gasteiger partial charge is 0.129 e. The van der Waals surface area contributed by atoms with Crippen molar-refractivity contribution >= 4 is 11.9 Å². The Hall–Kier alpha value is -2.62. The van der Waals surface area contributed by atoms with Crippen LogP contribution >= 0.6 is 0 Å². The zero-order valence-electron chi connectivity index (χ0n) is 15.8. The standard InChI is InChI=1S/C22H25FN2O/c1-5-25-19-10-9-17(26-4)13-18(19)22(3,20(25)11-12-24)14-16-8-6-7-15(2)21(16)23/h6-13,24H,5,14H2,1-4H3/b20-11-,24-12?. The number of benzene rings is 2. The van der Waals surface area contributed by atoms with Crippen molar-refractivity contribution in [3.63, 3.8) is 0 Å². The van der Waals surface area contributed by atoms with E-state index in [0.717, 1.165) is 29.2 Å². The normalized spacial score (nSPS) is 20.3. The van der Waals surface area contributed by atoms with Crippen molar-refractivity contribution in [2.45, 2.75) is 32.6 Å². The van der Waals surface area contributed by atoms with Crippen molar-refractivity contribution in [1.29, 1.82) is 5.41 Å². The quantitative estimate of drug-likeness (QED) is 0.767. The minimum atomic E-state index is -0.438. The average molecular weight is 352 g/mol. The Bertz CT molecular complexity index is 874. The number of anilines is 1. The van der Waals surface area contributed by atoms with E-state index in [1.165, 1.54) is 6.21 Å². The van der Waals surface area contributed by atoms with Crippen molar-refractivity contribution in [2.24, 2.45) is 0 Å². The van der Waals surface area contributed by atoms with E-state index in [-0.39, 0.29) is 5.82 Å². The highest BCUT2D eigenvalue weighted by Crippen LogP contribution is 2.50. The molecular weight excluding hydrogens is 327 g/mol. The minimum Gasteiger partial charge on any atom is -0.497 e. The van der Waals surface area contributed by atoms with Crippen LogP contribution in [-0.4, -0.2) is 19.9 Å². The van der Waals surface area contributed by atoms with E-state index >= 15 is 0 Å². The van der Waals surface area contributed by atoms with Gasteiger partial charge in [0.05, 0.1) is 7.11 Å². The van der Waals surface area contributed by atoms with Crippen LogP contribution in [0.3, 0.4) is 0 Å². The number of fused-ring (bicyclic) bond motifs is 1. The molecule has 0 saturated heterocycles. The van der Waals surface area contributed by atoms with Crippen molar-refractivity contribution in [3.8, 4) is 5.75 Å². The molecule has 0 radical (unpaired) electrons. The first-order valence-electron chi connectivity index (χ1n) is 8.87. The molecule has 1 atom stereocenters. The highest BCUT2D eigenvalue weighted by molar-refractivity contribution is 5.79. The molecule has 0 fully saturated rings. The number of halogens is 1. The molecule has 1 N–H and O–H groups in total. The molecule has 1 unspecified atom stereocenters. The SMILES string of the molecule is CCN1/C(=C\C=N)C(C)(Cc2cccc(C)c2F)c2cc(OC)ccc21. The number of nitrogens with zero attached hydrogens (tertiary/aromatic N) is 1. The van der Waals surface area contributed by atoms with Crippen molar-refractivity contribution in [2.75, 3.05) is 18.6 Å². The number of ether oxygens (including phenoxy) is 1. The lowest BCUT2D eigenvalue weighted by atomic mass is 9.76. The van der Waals surface area contributed by atoms with Gasteiger partial charge in [0.1, 0.15) is 11.6 Å². The zero-order valence-corrected chi connectivity index (χ0v) is 15.8. The van der Waals surface area contributed by atoms with Gasteiger partial charge in [0, 0.05) is 29.6 Å². The molecule has 2 aromatic carbocycles. The number of hydrogen-bond donors (Lipinski definition) is 1. The van der Waals surface area contributed by atoms with Crippen LogP contribution in [0.5, 0.6) is 5.75 Å². The highest BCUT2D eigenvalue weighted by Gasteiger charge is 2.43. The Morgan fingerprint density at radius 1 is 1.27 bits per heavy atom. The summed E-state index contributed by atoms with van der Waals surface area (Å²) in [5, 5.41) is 7.62. The Labute approximate surface area is 154 Å². The molecule has 3 nitrogen and oxygen atoms in total. The summed E-state index contributed by atoms with van der Waals surface area (Å²) in [7, 11) is 1.65. The second-order valence-corrected chi connectivity index (χ2v) is 6.90. The molecule has 4 heteroatoms. The van der Waals surface area contributed by atoms with Crippen molar-refractivity contribution < 1.29 is 9.13 Å². The highest BCUT2D eigenvalue weighted by atomic mass is 19.1. The monoisotopic (exact) mass is 352 g/mol. The Kier molecular flexibility index (Phi) is 4.86. The maximum Gasteiger partial charge on any atom is 0.129 e. The Morgan fingerprint density at radius 3 is 2.69 bits per heavy atom. The number of nitrogens with one attached hydrogen (secondary N) is 1. The van der Waals surface area contributed by atoms with Gasteiger partial charge in [-0.2, -0.15) is 0 Å². The number of hydrogen-bond acceptors (Lipinski definition) is 3. The molecule has 26 heavy (non-hydrogen) atoms. The Balaban J connectivity index is 2.20. The first-order valence-corrected chi connectivity index (χ1v) is 8.87. The van der Waals surface area contributed by atoms with Crippen LogP contribution in [0.15, 0.2) is 48.2 Å². The predicted octanol–water partition coefficient (Wildman–Crippen LogP) is 5.02. The first-order chi connectivity index (χ1) is 12.5. The lowest BCUT2D eigenvalue weighted by Gasteiger charge is -2.30. The molecule has 0 spiro atoms. The van der Waals surface area contributed by atoms with Crippen LogP contribution in [-0.2, 0) is 11.8 Å². The molecule has 0 bridgehead atoms. The topological polar surface area (TPSA) is 36.3 Å². The van der Waals surface area contributed by atoms with Gasteiger partial charge in [0.2, 0.25) is 0 Å². The van der Waals surface area contributed by atoms with Crippen LogP contribution in [0.1, 0.15) is 30.5 Å². The van der Waals surface area contributed by atoms with Crippen LogP contribution in [0, 0.1) is 18.2 Å². The van der Waals surface area contributed by atoms with E-state index in [4.69, 9.17) is 10.1 Å². The zero-order chi connectivity index (χ0) is 18.9. The van der Waals surface area contributed by atoms with Crippen molar-refractivity contribution in [1.82, 2.24) is 0 Å². The van der Waals surface area contributed by atoms with E-state index in [0.29, 0.717) is 17.5 Å². The Morgan fingerprint density at radius 2 is 2.04 bits per heavy atom. The van der Waals surface area contributed by atoms with Crippen LogP contribution in [0.25, 0.3) is 0 Å². The summed E-state index contributed by atoms with van der Waals surface area (Å²) in [6.45, 7) is 6.78. The summed E-state index contributed by atoms with van der Waals surface area (Å²) < 4.78 is 20.2. The van der Waals surface area contributed by atoms with E-state index in [1.807, 2.05) is 36.4 Å². The van der Waals surface area contributed by atoms with E-state index < -0.39 is 5.41 Å². The van der Waals surface area contributed by atoms with E-state index in [1.54, 1.807) is 20.1 Å². The minimum absolute atomic E-state index is 0.151. The number of aryl methyl sites for hydroxylation is 1. The van der Waals surface area contributed by atoms with Gasteiger partial charge in [-0.3, -0.25) is 0 Å². The van der Waals surface area contributed by atoms with Gasteiger partial charge in [-0.15, -0.1) is 0 Å². The average Bonchev–Trinajstić information content (AvgIpc) is 2.87. The van der Waals surface area contributed by atoms with Gasteiger partial charge < -0.3 is 15.0 Å². The molecule has 136 valence electrons. The van der Waals surface area contributed by atoms with Gasteiger partial charge in [-0.1, -0.05) is 18.2 Å². The first kappa shape index (κ1) is 18.2. The maximum atomic E-state index is 14.7. The lowest BCUT2D eigenvalue weighted by Crippen LogP contribution is -2.31. The van der Waals surface area contributed by atoms with Gasteiger partial charge in [-0.05, 0) is 68.2 Å². The van der Waals surface area contributed by atoms with Crippen LogP contribution < -0.4 is 9.64 Å². The van der Waals surface area contributed by atoms with E-state index in [2.05, 4.69) is 18.7 Å². The van der Waals surface area contributed by atoms with Crippen LogP contribution in [0.4, 0.5) is 10.1 Å². The molecule has 0 amide bonds. The van der Waals surface area contributed by atoms with E-state index in [9.17, 15) is 4.39 Å². The second kappa shape index (κ2) is 6.94. The van der Waals surface area contributed by atoms with Gasteiger partial charge in [-0.25, -0.2) is 4.39 Å². The molecule has 1 heterocycles. The summed E-state index contributed by atoms with van der Waals surface area (Å²) in [4.78, 5) is 2.20. The molecule has 3 rings (SSSR count). The fourth-order valence-corrected chi connectivity index (χ4v) is 3.99. The van der Waals surface area contributed by atoms with Gasteiger partial charge in [0.15, 0.2) is 0 Å². The fourth-order valence-electron chi connectivity index (χ4n) is 3.99. The number of likely N-dealkylation sites (N-methyl/N-ethyl adjacent to an activating group) is 1. The third-order valence-corrected chi connectivity index (χ3v) is 5.32. The molecule has 0 aromatic heterocycles. The second-order valence-electron chi connectivity index (χ2n) is 6.90. The third-order valence-electron chi connectivity index (χ3n) is 5.32. The number of allylic oxidation sites excluding steroid dienone is 2. The molecule has 1 aliphatic heterocycles. The molecular formula is C22H25FN2O. The third kappa shape index (κ3) is 2.79. The number of methoxy groups -OCH3 is 1. The fraction of sp³-hybridized carbons (Fsp3) is 0.318. The summed E-state index contributed by atoms with van der Waals surface area (Å²) in [5.41, 5.74) is 4.12. The maximum absolute atomic E-state index is 14.7. The van der Waals surface area contributed by atoms with Crippen LogP contribution in [0.2, 0.25) is 0 Å². The number of rotatable bonds is 5. The molecule has 0 aliphatic carbocycles.